The summed E-state index contributed by atoms with van der Waals surface area (Å²) in [5.74, 6) is 1.87. The fourth-order valence-electron chi connectivity index (χ4n) is 2.60. The molecule has 6 nitrogen and oxygen atoms in total. The molecule has 0 aliphatic carbocycles. The molecule has 0 aromatic heterocycles. The lowest BCUT2D eigenvalue weighted by Crippen LogP contribution is -2.39. The molecule has 0 amide bonds. The summed E-state index contributed by atoms with van der Waals surface area (Å²) in [6.07, 6.45) is 1.05. The Hall–Kier alpha value is -1.79. The van der Waals surface area contributed by atoms with Gasteiger partial charge in [-0.15, -0.1) is 0 Å². The van der Waals surface area contributed by atoms with Crippen molar-refractivity contribution in [1.82, 2.24) is 10.2 Å². The van der Waals surface area contributed by atoms with Crippen LogP contribution in [0.15, 0.2) is 29.3 Å². The Bertz CT molecular complexity index is 528. The molecule has 1 saturated heterocycles. The largest absolute Gasteiger partial charge is 0.493 e. The van der Waals surface area contributed by atoms with Crippen molar-refractivity contribution in [2.75, 3.05) is 46.0 Å². The van der Waals surface area contributed by atoms with Gasteiger partial charge in [0.25, 0.3) is 0 Å². The van der Waals surface area contributed by atoms with Gasteiger partial charge in [0.1, 0.15) is 5.75 Å². The van der Waals surface area contributed by atoms with E-state index in [0.29, 0.717) is 25.0 Å². The number of nitrogens with one attached hydrogen (secondary N) is 1. The molecule has 6 heteroatoms. The second kappa shape index (κ2) is 10.9. The summed E-state index contributed by atoms with van der Waals surface area (Å²) in [7, 11) is 0. The first-order chi connectivity index (χ1) is 12.1. The van der Waals surface area contributed by atoms with Crippen molar-refractivity contribution in [3.05, 3.63) is 29.8 Å². The van der Waals surface area contributed by atoms with Crippen LogP contribution in [-0.2, 0) is 11.3 Å². The molecule has 1 fully saturated rings. The Morgan fingerprint density at radius 2 is 2.08 bits per heavy atom. The first-order valence-electron chi connectivity index (χ1n) is 9.19. The number of morpholine rings is 1. The number of guanidine groups is 1. The fraction of sp³-hybridized carbons (Fsp3) is 0.632. The summed E-state index contributed by atoms with van der Waals surface area (Å²) in [5.41, 5.74) is 7.03. The number of nitrogens with zero attached hydrogens (tertiary/aromatic N) is 2. The second-order valence-electron chi connectivity index (χ2n) is 6.75. The number of para-hydroxylation sites is 1. The van der Waals surface area contributed by atoms with Gasteiger partial charge in [0.15, 0.2) is 5.96 Å². The van der Waals surface area contributed by atoms with Gasteiger partial charge in [-0.25, -0.2) is 4.99 Å². The molecule has 0 bridgehead atoms. The van der Waals surface area contributed by atoms with Crippen molar-refractivity contribution >= 4 is 5.96 Å². The van der Waals surface area contributed by atoms with Crippen LogP contribution in [-0.4, -0.2) is 56.9 Å². The Morgan fingerprint density at radius 1 is 1.32 bits per heavy atom. The maximum atomic E-state index is 5.98. The van der Waals surface area contributed by atoms with E-state index in [9.17, 15) is 0 Å². The number of benzene rings is 1. The summed E-state index contributed by atoms with van der Waals surface area (Å²) >= 11 is 0. The molecule has 0 spiro atoms. The molecule has 0 radical (unpaired) electrons. The van der Waals surface area contributed by atoms with Gasteiger partial charge in [0.2, 0.25) is 0 Å². The molecule has 1 heterocycles. The van der Waals surface area contributed by atoms with Gasteiger partial charge in [-0.3, -0.25) is 4.90 Å². The maximum Gasteiger partial charge on any atom is 0.188 e. The summed E-state index contributed by atoms with van der Waals surface area (Å²) in [6, 6.07) is 8.00. The highest BCUT2D eigenvalue weighted by molar-refractivity contribution is 5.77. The van der Waals surface area contributed by atoms with Crippen molar-refractivity contribution in [3.8, 4) is 5.75 Å². The summed E-state index contributed by atoms with van der Waals surface area (Å²) < 4.78 is 11.2. The number of aliphatic imine (C=N–C) groups is 1. The van der Waals surface area contributed by atoms with Crippen LogP contribution in [0.25, 0.3) is 0 Å². The first kappa shape index (κ1) is 19.5. The molecule has 3 N–H and O–H groups in total. The van der Waals surface area contributed by atoms with Gasteiger partial charge < -0.3 is 20.5 Å². The van der Waals surface area contributed by atoms with Crippen molar-refractivity contribution in [3.63, 3.8) is 0 Å². The highest BCUT2D eigenvalue weighted by atomic mass is 16.5. The van der Waals surface area contributed by atoms with Gasteiger partial charge in [0, 0.05) is 25.2 Å². The third kappa shape index (κ3) is 7.75. The highest BCUT2D eigenvalue weighted by Gasteiger charge is 2.09. The lowest BCUT2D eigenvalue weighted by Gasteiger charge is -2.26. The minimum atomic E-state index is 0.487. The number of ether oxygens (including phenoxy) is 2. The molecule has 0 saturated carbocycles. The number of hydrogen-bond donors (Lipinski definition) is 2. The molecule has 1 aromatic rings. The van der Waals surface area contributed by atoms with E-state index in [1.54, 1.807) is 0 Å². The topological polar surface area (TPSA) is 72.1 Å². The van der Waals surface area contributed by atoms with E-state index in [1.807, 2.05) is 24.3 Å². The van der Waals surface area contributed by atoms with Gasteiger partial charge in [0.05, 0.1) is 26.4 Å². The van der Waals surface area contributed by atoms with E-state index in [4.69, 9.17) is 15.2 Å². The second-order valence-corrected chi connectivity index (χ2v) is 6.75. The van der Waals surface area contributed by atoms with E-state index in [0.717, 1.165) is 57.1 Å². The van der Waals surface area contributed by atoms with Gasteiger partial charge in [-0.2, -0.15) is 0 Å². The molecule has 0 unspecified atom stereocenters. The molecule has 140 valence electrons. The molecule has 1 aromatic carbocycles. The number of hydrogen-bond acceptors (Lipinski definition) is 4. The minimum Gasteiger partial charge on any atom is -0.493 e. The van der Waals surface area contributed by atoms with E-state index < -0.39 is 0 Å². The fourth-order valence-corrected chi connectivity index (χ4v) is 2.60. The quantitative estimate of drug-likeness (QED) is 0.405. The molecular formula is C19H32N4O2. The van der Waals surface area contributed by atoms with Crippen LogP contribution in [0.2, 0.25) is 0 Å². The summed E-state index contributed by atoms with van der Waals surface area (Å²) in [6.45, 7) is 11.1. The van der Waals surface area contributed by atoms with Crippen LogP contribution in [0.5, 0.6) is 5.75 Å². The van der Waals surface area contributed by atoms with Gasteiger partial charge in [-0.05, 0) is 24.9 Å². The molecule has 1 aliphatic rings. The molecule has 0 atom stereocenters. The van der Waals surface area contributed by atoms with E-state index in [2.05, 4.69) is 29.1 Å². The highest BCUT2D eigenvalue weighted by Crippen LogP contribution is 2.19. The Morgan fingerprint density at radius 3 is 2.84 bits per heavy atom. The Balaban J connectivity index is 1.71. The van der Waals surface area contributed by atoms with Crippen LogP contribution >= 0.6 is 0 Å². The van der Waals surface area contributed by atoms with Crippen LogP contribution in [0.3, 0.4) is 0 Å². The van der Waals surface area contributed by atoms with Crippen molar-refractivity contribution in [1.29, 1.82) is 0 Å². The first-order valence-corrected chi connectivity index (χ1v) is 9.19. The normalized spacial score (nSPS) is 16.2. The van der Waals surface area contributed by atoms with Crippen LogP contribution in [0, 0.1) is 5.92 Å². The average Bonchev–Trinajstić information content (AvgIpc) is 2.63. The average molecular weight is 348 g/mol. The van der Waals surface area contributed by atoms with E-state index in [-0.39, 0.29) is 0 Å². The molecule has 1 aliphatic heterocycles. The Labute approximate surface area is 151 Å². The maximum absolute atomic E-state index is 5.98. The zero-order chi connectivity index (χ0) is 17.9. The van der Waals surface area contributed by atoms with Gasteiger partial charge >= 0.3 is 0 Å². The predicted molar refractivity (Wildman–Crippen MR) is 102 cm³/mol. The molecular weight excluding hydrogens is 316 g/mol. The van der Waals surface area contributed by atoms with Crippen LogP contribution in [0.4, 0.5) is 0 Å². The zero-order valence-electron chi connectivity index (χ0n) is 15.5. The zero-order valence-corrected chi connectivity index (χ0v) is 15.5. The molecule has 2 rings (SSSR count). The smallest absolute Gasteiger partial charge is 0.188 e. The van der Waals surface area contributed by atoms with Crippen molar-refractivity contribution in [2.45, 2.75) is 26.8 Å². The lowest BCUT2D eigenvalue weighted by molar-refractivity contribution is 0.0376. The summed E-state index contributed by atoms with van der Waals surface area (Å²) in [4.78, 5) is 6.85. The van der Waals surface area contributed by atoms with Crippen LogP contribution < -0.4 is 15.8 Å². The van der Waals surface area contributed by atoms with Crippen molar-refractivity contribution in [2.24, 2.45) is 16.6 Å². The summed E-state index contributed by atoms with van der Waals surface area (Å²) in [5, 5.41) is 3.19. The Kier molecular flexibility index (Phi) is 8.55. The van der Waals surface area contributed by atoms with Crippen molar-refractivity contribution < 1.29 is 9.47 Å². The van der Waals surface area contributed by atoms with Gasteiger partial charge in [-0.1, -0.05) is 32.0 Å². The number of nitrogens with two attached hydrogens (primary N) is 1. The predicted octanol–water partition coefficient (Wildman–Crippen LogP) is 1.85. The monoisotopic (exact) mass is 348 g/mol. The number of rotatable bonds is 9. The SMILES string of the molecule is CC(C)COc1ccccc1CN=C(N)NCCCN1CCOCC1. The van der Waals surface area contributed by atoms with Crippen LogP contribution in [0.1, 0.15) is 25.8 Å². The van der Waals surface area contributed by atoms with E-state index >= 15 is 0 Å². The standard InChI is InChI=1S/C19H32N4O2/c1-16(2)15-25-18-7-4-3-6-17(18)14-22-19(20)21-8-5-9-23-10-12-24-13-11-23/h3-4,6-7,16H,5,8-15H2,1-2H3,(H3,20,21,22). The third-order valence-electron chi connectivity index (χ3n) is 4.03. The minimum absolute atomic E-state index is 0.487. The van der Waals surface area contributed by atoms with E-state index in [1.165, 1.54) is 0 Å². The molecule has 25 heavy (non-hydrogen) atoms. The lowest BCUT2D eigenvalue weighted by atomic mass is 10.2. The third-order valence-corrected chi connectivity index (χ3v) is 4.03.